The minimum atomic E-state index is -0.00920. The molecular formula is C17H22N2OS. The molecule has 2 aromatic rings. The number of aryl methyl sites for hydroxylation is 2. The van der Waals surface area contributed by atoms with Crippen molar-refractivity contribution in [2.24, 2.45) is 0 Å². The minimum absolute atomic E-state index is 0.00920. The fraction of sp³-hybridized carbons (Fsp3) is 0.353. The van der Waals surface area contributed by atoms with Crippen molar-refractivity contribution in [2.45, 2.75) is 33.9 Å². The van der Waals surface area contributed by atoms with Gasteiger partial charge in [0, 0.05) is 22.8 Å². The first-order valence-corrected chi connectivity index (χ1v) is 8.03. The van der Waals surface area contributed by atoms with Gasteiger partial charge < -0.3 is 10.2 Å². The normalized spacial score (nSPS) is 10.4. The van der Waals surface area contributed by atoms with E-state index in [-0.39, 0.29) is 6.03 Å². The van der Waals surface area contributed by atoms with E-state index in [9.17, 15) is 4.79 Å². The summed E-state index contributed by atoms with van der Waals surface area (Å²) in [6.45, 7) is 8.09. The third-order valence-corrected chi connectivity index (χ3v) is 4.34. The Morgan fingerprint density at radius 1 is 1.24 bits per heavy atom. The molecule has 112 valence electrons. The Morgan fingerprint density at radius 2 is 2.05 bits per heavy atom. The van der Waals surface area contributed by atoms with Gasteiger partial charge in [-0.2, -0.15) is 0 Å². The smallest absolute Gasteiger partial charge is 0.317 e. The Morgan fingerprint density at radius 3 is 2.67 bits per heavy atom. The fourth-order valence-electron chi connectivity index (χ4n) is 2.21. The van der Waals surface area contributed by atoms with Crippen LogP contribution in [0.15, 0.2) is 36.4 Å². The number of rotatable bonds is 5. The first-order valence-electron chi connectivity index (χ1n) is 7.22. The predicted octanol–water partition coefficient (Wildman–Crippen LogP) is 4.10. The number of thiophene rings is 1. The minimum Gasteiger partial charge on any atom is -0.333 e. The molecule has 3 nitrogen and oxygen atoms in total. The van der Waals surface area contributed by atoms with Crippen LogP contribution >= 0.6 is 11.3 Å². The van der Waals surface area contributed by atoms with Crippen molar-refractivity contribution in [3.63, 3.8) is 0 Å². The largest absolute Gasteiger partial charge is 0.333 e. The highest BCUT2D eigenvalue weighted by molar-refractivity contribution is 7.11. The first kappa shape index (κ1) is 15.6. The summed E-state index contributed by atoms with van der Waals surface area (Å²) in [4.78, 5) is 16.5. The molecule has 1 aromatic heterocycles. The van der Waals surface area contributed by atoms with E-state index in [2.05, 4.69) is 49.5 Å². The Labute approximate surface area is 130 Å². The molecule has 0 spiro atoms. The van der Waals surface area contributed by atoms with Crippen molar-refractivity contribution in [3.05, 3.63) is 57.3 Å². The fourth-order valence-corrected chi connectivity index (χ4v) is 3.04. The van der Waals surface area contributed by atoms with Gasteiger partial charge in [0.2, 0.25) is 0 Å². The Hall–Kier alpha value is -1.81. The van der Waals surface area contributed by atoms with Crippen molar-refractivity contribution >= 4 is 17.4 Å². The third-order valence-electron chi connectivity index (χ3n) is 3.33. The standard InChI is InChI=1S/C17H22N2OS/c1-4-19(12-15-7-5-6-13(2)10-15)17(20)18-11-16-9-8-14(3)21-16/h5-10H,4,11-12H2,1-3H3,(H,18,20). The summed E-state index contributed by atoms with van der Waals surface area (Å²) >= 11 is 1.72. The second-order valence-corrected chi connectivity index (χ2v) is 6.55. The van der Waals surface area contributed by atoms with Crippen LogP contribution in [0.2, 0.25) is 0 Å². The van der Waals surface area contributed by atoms with Gasteiger partial charge in [-0.25, -0.2) is 4.79 Å². The van der Waals surface area contributed by atoms with Gasteiger partial charge in [-0.15, -0.1) is 11.3 Å². The number of benzene rings is 1. The molecule has 1 heterocycles. The van der Waals surface area contributed by atoms with E-state index in [1.165, 1.54) is 20.9 Å². The van der Waals surface area contributed by atoms with Crippen molar-refractivity contribution in [1.82, 2.24) is 10.2 Å². The lowest BCUT2D eigenvalue weighted by molar-refractivity contribution is 0.197. The molecule has 0 aliphatic carbocycles. The molecule has 0 saturated heterocycles. The Balaban J connectivity index is 1.92. The van der Waals surface area contributed by atoms with Crippen LogP contribution in [0.1, 0.15) is 27.8 Å². The monoisotopic (exact) mass is 302 g/mol. The molecule has 21 heavy (non-hydrogen) atoms. The number of hydrogen-bond acceptors (Lipinski definition) is 2. The zero-order chi connectivity index (χ0) is 15.2. The second kappa shape index (κ2) is 7.27. The Bertz CT molecular complexity index is 606. The van der Waals surface area contributed by atoms with Gasteiger partial charge in [0.25, 0.3) is 0 Å². The lowest BCUT2D eigenvalue weighted by atomic mass is 10.1. The van der Waals surface area contributed by atoms with Crippen LogP contribution in [-0.4, -0.2) is 17.5 Å². The molecular weight excluding hydrogens is 280 g/mol. The van der Waals surface area contributed by atoms with Gasteiger partial charge in [0.15, 0.2) is 0 Å². The van der Waals surface area contributed by atoms with E-state index in [1.807, 2.05) is 17.9 Å². The SMILES string of the molecule is CCN(Cc1cccc(C)c1)C(=O)NCc1ccc(C)s1. The van der Waals surface area contributed by atoms with Gasteiger partial charge in [0.05, 0.1) is 6.54 Å². The van der Waals surface area contributed by atoms with Crippen LogP contribution < -0.4 is 5.32 Å². The molecule has 0 aliphatic heterocycles. The summed E-state index contributed by atoms with van der Waals surface area (Å²) in [5, 5.41) is 3.00. The summed E-state index contributed by atoms with van der Waals surface area (Å²) in [5.74, 6) is 0. The molecule has 0 saturated carbocycles. The number of carbonyl (C=O) groups is 1. The summed E-state index contributed by atoms with van der Waals surface area (Å²) in [6, 6.07) is 12.4. The van der Waals surface area contributed by atoms with Crippen molar-refractivity contribution in [2.75, 3.05) is 6.54 Å². The molecule has 2 amide bonds. The lowest BCUT2D eigenvalue weighted by Crippen LogP contribution is -2.38. The van der Waals surface area contributed by atoms with Crippen molar-refractivity contribution < 1.29 is 4.79 Å². The van der Waals surface area contributed by atoms with E-state index in [0.717, 1.165) is 0 Å². The predicted molar refractivity (Wildman–Crippen MR) is 88.6 cm³/mol. The van der Waals surface area contributed by atoms with E-state index < -0.39 is 0 Å². The van der Waals surface area contributed by atoms with Crippen molar-refractivity contribution in [3.8, 4) is 0 Å². The molecule has 0 radical (unpaired) electrons. The van der Waals surface area contributed by atoms with Crippen LogP contribution in [0.25, 0.3) is 0 Å². The molecule has 0 atom stereocenters. The lowest BCUT2D eigenvalue weighted by Gasteiger charge is -2.21. The summed E-state index contributed by atoms with van der Waals surface area (Å²) in [7, 11) is 0. The number of amides is 2. The van der Waals surface area contributed by atoms with Gasteiger partial charge in [-0.05, 0) is 38.5 Å². The number of urea groups is 1. The maximum Gasteiger partial charge on any atom is 0.317 e. The number of nitrogens with one attached hydrogen (secondary N) is 1. The molecule has 0 unspecified atom stereocenters. The molecule has 0 aliphatic rings. The van der Waals surface area contributed by atoms with E-state index in [1.54, 1.807) is 11.3 Å². The maximum atomic E-state index is 12.3. The highest BCUT2D eigenvalue weighted by Crippen LogP contribution is 2.14. The molecule has 4 heteroatoms. The number of nitrogens with zero attached hydrogens (tertiary/aromatic N) is 1. The topological polar surface area (TPSA) is 32.3 Å². The maximum absolute atomic E-state index is 12.3. The average molecular weight is 302 g/mol. The van der Waals surface area contributed by atoms with Crippen LogP contribution in [0, 0.1) is 13.8 Å². The van der Waals surface area contributed by atoms with E-state index in [4.69, 9.17) is 0 Å². The second-order valence-electron chi connectivity index (χ2n) is 5.17. The van der Waals surface area contributed by atoms with Crippen LogP contribution in [0.4, 0.5) is 4.79 Å². The molecule has 1 N–H and O–H groups in total. The molecule has 1 aromatic carbocycles. The third kappa shape index (κ3) is 4.60. The quantitative estimate of drug-likeness (QED) is 0.886. The van der Waals surface area contributed by atoms with Crippen LogP contribution in [-0.2, 0) is 13.1 Å². The van der Waals surface area contributed by atoms with E-state index in [0.29, 0.717) is 19.6 Å². The van der Waals surface area contributed by atoms with Crippen LogP contribution in [0.3, 0.4) is 0 Å². The van der Waals surface area contributed by atoms with Gasteiger partial charge in [-0.1, -0.05) is 29.8 Å². The highest BCUT2D eigenvalue weighted by Gasteiger charge is 2.12. The average Bonchev–Trinajstić information content (AvgIpc) is 2.88. The van der Waals surface area contributed by atoms with Gasteiger partial charge in [0.1, 0.15) is 0 Å². The first-order chi connectivity index (χ1) is 10.1. The highest BCUT2D eigenvalue weighted by atomic mass is 32.1. The number of carbonyl (C=O) groups excluding carboxylic acids is 1. The zero-order valence-electron chi connectivity index (χ0n) is 12.8. The molecule has 2 rings (SSSR count). The van der Waals surface area contributed by atoms with Gasteiger partial charge in [-0.3, -0.25) is 0 Å². The summed E-state index contributed by atoms with van der Waals surface area (Å²) < 4.78 is 0. The zero-order valence-corrected chi connectivity index (χ0v) is 13.7. The molecule has 0 fully saturated rings. The summed E-state index contributed by atoms with van der Waals surface area (Å²) in [5.41, 5.74) is 2.39. The number of hydrogen-bond donors (Lipinski definition) is 1. The van der Waals surface area contributed by atoms with Crippen LogP contribution in [0.5, 0.6) is 0 Å². The van der Waals surface area contributed by atoms with E-state index >= 15 is 0 Å². The Kier molecular flexibility index (Phi) is 5.39. The summed E-state index contributed by atoms with van der Waals surface area (Å²) in [6.07, 6.45) is 0. The van der Waals surface area contributed by atoms with Crippen molar-refractivity contribution in [1.29, 1.82) is 0 Å². The van der Waals surface area contributed by atoms with Gasteiger partial charge >= 0.3 is 6.03 Å². The molecule has 0 bridgehead atoms.